The van der Waals surface area contributed by atoms with Gasteiger partial charge in [-0.1, -0.05) is 12.1 Å². The van der Waals surface area contributed by atoms with Gasteiger partial charge in [0.2, 0.25) is 0 Å². The largest absolute Gasteiger partial charge is 0.397 e. The van der Waals surface area contributed by atoms with Crippen LogP contribution in [0.25, 0.3) is 0 Å². The Kier molecular flexibility index (Phi) is 2.52. The third-order valence-corrected chi connectivity index (χ3v) is 1.83. The molecule has 12 heavy (non-hydrogen) atoms. The third kappa shape index (κ3) is 1.49. The van der Waals surface area contributed by atoms with Crippen LogP contribution in [0.1, 0.15) is 11.6 Å². The molecule has 0 radical (unpaired) electrons. The fraction of sp³-hybridized carbons (Fsp3) is 0.250. The van der Waals surface area contributed by atoms with Gasteiger partial charge in [0, 0.05) is 12.6 Å². The van der Waals surface area contributed by atoms with Gasteiger partial charge in [-0.25, -0.2) is 0 Å². The van der Waals surface area contributed by atoms with Crippen LogP contribution in [0.5, 0.6) is 0 Å². The summed E-state index contributed by atoms with van der Waals surface area (Å²) in [4.78, 5) is 0. The molecule has 0 unspecified atom stereocenters. The van der Waals surface area contributed by atoms with Crippen molar-refractivity contribution in [2.24, 2.45) is 11.5 Å². The number of hydrogen-bond acceptors (Lipinski definition) is 4. The van der Waals surface area contributed by atoms with Crippen LogP contribution < -0.4 is 22.9 Å². The minimum Gasteiger partial charge on any atom is -0.397 e. The van der Waals surface area contributed by atoms with E-state index in [2.05, 4.69) is 0 Å². The molecule has 0 aromatic heterocycles. The Bertz CT molecular complexity index is 272. The molecule has 66 valence electrons. The lowest BCUT2D eigenvalue weighted by Gasteiger charge is -2.13. The molecule has 0 amide bonds. The first-order chi connectivity index (χ1) is 5.66. The first-order valence-electron chi connectivity index (χ1n) is 3.76. The van der Waals surface area contributed by atoms with Crippen LogP contribution in [-0.4, -0.2) is 6.54 Å². The lowest BCUT2D eigenvalue weighted by atomic mass is 10.0. The molecule has 0 saturated heterocycles. The van der Waals surface area contributed by atoms with E-state index in [4.69, 9.17) is 22.9 Å². The highest BCUT2D eigenvalue weighted by Crippen LogP contribution is 2.23. The van der Waals surface area contributed by atoms with Crippen molar-refractivity contribution in [1.82, 2.24) is 0 Å². The maximum atomic E-state index is 5.70. The van der Waals surface area contributed by atoms with Crippen molar-refractivity contribution in [2.75, 3.05) is 18.0 Å². The molecule has 0 heterocycles. The molecule has 1 atom stereocenters. The Labute approximate surface area is 71.5 Å². The summed E-state index contributed by atoms with van der Waals surface area (Å²) in [6.07, 6.45) is 0. The molecule has 0 aliphatic heterocycles. The van der Waals surface area contributed by atoms with Crippen LogP contribution in [0.3, 0.4) is 0 Å². The van der Waals surface area contributed by atoms with Gasteiger partial charge in [0.25, 0.3) is 0 Å². The molecule has 0 bridgehead atoms. The van der Waals surface area contributed by atoms with E-state index in [1.54, 1.807) is 6.07 Å². The zero-order chi connectivity index (χ0) is 9.14. The van der Waals surface area contributed by atoms with Crippen molar-refractivity contribution in [1.29, 1.82) is 0 Å². The molecule has 0 aliphatic carbocycles. The smallest absolute Gasteiger partial charge is 0.0596 e. The van der Waals surface area contributed by atoms with Gasteiger partial charge in [0.15, 0.2) is 0 Å². The van der Waals surface area contributed by atoms with Gasteiger partial charge in [0.1, 0.15) is 0 Å². The molecule has 4 heteroatoms. The van der Waals surface area contributed by atoms with E-state index < -0.39 is 0 Å². The van der Waals surface area contributed by atoms with E-state index in [-0.39, 0.29) is 6.04 Å². The van der Waals surface area contributed by atoms with Gasteiger partial charge in [-0.2, -0.15) is 0 Å². The van der Waals surface area contributed by atoms with E-state index >= 15 is 0 Å². The van der Waals surface area contributed by atoms with Crippen LogP contribution >= 0.6 is 0 Å². The molecule has 1 aromatic carbocycles. The third-order valence-electron chi connectivity index (χ3n) is 1.83. The molecule has 0 aliphatic rings. The fourth-order valence-corrected chi connectivity index (χ4v) is 1.05. The predicted molar refractivity (Wildman–Crippen MR) is 51.2 cm³/mol. The highest BCUT2D eigenvalue weighted by Gasteiger charge is 2.08. The topological polar surface area (TPSA) is 104 Å². The van der Waals surface area contributed by atoms with Gasteiger partial charge in [-0.3, -0.25) is 0 Å². The summed E-state index contributed by atoms with van der Waals surface area (Å²) in [6.45, 7) is 0.369. The summed E-state index contributed by atoms with van der Waals surface area (Å²) >= 11 is 0. The first-order valence-corrected chi connectivity index (χ1v) is 3.76. The van der Waals surface area contributed by atoms with Crippen molar-refractivity contribution >= 4 is 11.4 Å². The van der Waals surface area contributed by atoms with Crippen LogP contribution in [0.4, 0.5) is 11.4 Å². The highest BCUT2D eigenvalue weighted by atomic mass is 14.7. The van der Waals surface area contributed by atoms with Gasteiger partial charge in [-0.15, -0.1) is 0 Å². The summed E-state index contributed by atoms with van der Waals surface area (Å²) in [5.74, 6) is 0. The number of nitrogen functional groups attached to an aromatic ring is 2. The maximum absolute atomic E-state index is 5.70. The quantitative estimate of drug-likeness (QED) is 0.457. The first kappa shape index (κ1) is 8.83. The minimum absolute atomic E-state index is 0.228. The lowest BCUT2D eigenvalue weighted by molar-refractivity contribution is 0.740. The van der Waals surface area contributed by atoms with E-state index in [1.165, 1.54) is 0 Å². The second-order valence-corrected chi connectivity index (χ2v) is 2.69. The Balaban J connectivity index is 3.07. The SMILES string of the molecule is NC[C@H](N)c1cccc(N)c1N. The number of nitrogens with two attached hydrogens (primary N) is 4. The van der Waals surface area contributed by atoms with E-state index in [9.17, 15) is 0 Å². The predicted octanol–water partition coefficient (Wildman–Crippen LogP) is -0.191. The van der Waals surface area contributed by atoms with Gasteiger partial charge < -0.3 is 22.9 Å². The van der Waals surface area contributed by atoms with Crippen molar-refractivity contribution in [3.8, 4) is 0 Å². The van der Waals surface area contributed by atoms with E-state index in [0.717, 1.165) is 5.56 Å². The molecule has 1 aromatic rings. The summed E-state index contributed by atoms with van der Waals surface area (Å²) in [6, 6.07) is 5.16. The number of rotatable bonds is 2. The van der Waals surface area contributed by atoms with E-state index in [1.807, 2.05) is 12.1 Å². The Hall–Kier alpha value is -1.26. The molecule has 0 saturated carbocycles. The van der Waals surface area contributed by atoms with Crippen molar-refractivity contribution in [2.45, 2.75) is 6.04 Å². The molecular weight excluding hydrogens is 152 g/mol. The highest BCUT2D eigenvalue weighted by molar-refractivity contribution is 5.67. The Morgan fingerprint density at radius 3 is 2.50 bits per heavy atom. The van der Waals surface area contributed by atoms with Gasteiger partial charge in [0.05, 0.1) is 11.4 Å². The van der Waals surface area contributed by atoms with Gasteiger partial charge in [-0.05, 0) is 11.6 Å². The van der Waals surface area contributed by atoms with Crippen LogP contribution in [0, 0.1) is 0 Å². The van der Waals surface area contributed by atoms with E-state index in [0.29, 0.717) is 17.9 Å². The average Bonchev–Trinajstić information content (AvgIpc) is 2.08. The normalized spacial score (nSPS) is 12.8. The summed E-state index contributed by atoms with van der Waals surface area (Å²) in [7, 11) is 0. The number of benzene rings is 1. The van der Waals surface area contributed by atoms with Crippen LogP contribution in [0.15, 0.2) is 18.2 Å². The molecular formula is C8H14N4. The standard InChI is InChI=1S/C8H14N4/c9-4-7(11)5-2-1-3-6(10)8(5)12/h1-3,7H,4,9-12H2/t7-/m0/s1. The molecule has 0 fully saturated rings. The summed E-state index contributed by atoms with van der Waals surface area (Å²) in [5, 5.41) is 0. The molecule has 1 rings (SSSR count). The zero-order valence-electron chi connectivity index (χ0n) is 6.83. The second-order valence-electron chi connectivity index (χ2n) is 2.69. The average molecular weight is 166 g/mol. The Morgan fingerprint density at radius 1 is 1.25 bits per heavy atom. The van der Waals surface area contributed by atoms with Crippen molar-refractivity contribution in [3.05, 3.63) is 23.8 Å². The Morgan fingerprint density at radius 2 is 1.92 bits per heavy atom. The maximum Gasteiger partial charge on any atom is 0.0596 e. The molecule has 0 spiro atoms. The summed E-state index contributed by atoms with van der Waals surface area (Å²) < 4.78 is 0. The van der Waals surface area contributed by atoms with Crippen LogP contribution in [-0.2, 0) is 0 Å². The monoisotopic (exact) mass is 166 g/mol. The van der Waals surface area contributed by atoms with Crippen LogP contribution in [0.2, 0.25) is 0 Å². The minimum atomic E-state index is -0.228. The number of hydrogen-bond donors (Lipinski definition) is 4. The fourth-order valence-electron chi connectivity index (χ4n) is 1.05. The summed E-state index contributed by atoms with van der Waals surface area (Å²) in [5.41, 5.74) is 24.3. The van der Waals surface area contributed by atoms with Crippen molar-refractivity contribution < 1.29 is 0 Å². The molecule has 4 nitrogen and oxygen atoms in total. The zero-order valence-corrected chi connectivity index (χ0v) is 6.83. The molecule has 8 N–H and O–H groups in total. The van der Waals surface area contributed by atoms with Crippen molar-refractivity contribution in [3.63, 3.8) is 0 Å². The van der Waals surface area contributed by atoms with Gasteiger partial charge >= 0.3 is 0 Å². The second kappa shape index (κ2) is 3.42. The number of para-hydroxylation sites is 1. The number of anilines is 2. The lowest BCUT2D eigenvalue weighted by Crippen LogP contribution is -2.22.